The minimum atomic E-state index is 0.493. The molecule has 1 atom stereocenters. The minimum absolute atomic E-state index is 0.493. The van der Waals surface area contributed by atoms with Crippen molar-refractivity contribution in [2.75, 3.05) is 0 Å². The van der Waals surface area contributed by atoms with Gasteiger partial charge in [-0.15, -0.1) is 0 Å². The molecule has 4 aliphatic carbocycles. The number of benzene rings is 1. The van der Waals surface area contributed by atoms with E-state index in [1.807, 2.05) is 0 Å². The topological polar surface area (TPSA) is 3.01 Å². The monoisotopic (exact) mass is 308 g/mol. The molecule has 1 nitrogen and oxygen atoms in total. The molecule has 1 unspecified atom stereocenters. The summed E-state index contributed by atoms with van der Waals surface area (Å²) in [6.45, 7) is 7.38. The van der Waals surface area contributed by atoms with Crippen molar-refractivity contribution in [1.82, 2.24) is 0 Å². The molecule has 122 valence electrons. The van der Waals surface area contributed by atoms with Crippen LogP contribution in [-0.4, -0.2) is 21.9 Å². The van der Waals surface area contributed by atoms with E-state index in [9.17, 15) is 0 Å². The molecule has 1 spiro atoms. The van der Waals surface area contributed by atoms with Gasteiger partial charge in [0.05, 0.1) is 0 Å². The standard InChI is InChI=1S/C22H30N/c1-14(2)23-21(18-7-5-4-6-8-18)15(3)22(23)19-10-16-9-17(12-19)13-20(22)11-16/h4-8,14-17,19-20H,9-13H2,1-3H3/q+1. The third-order valence-electron chi connectivity index (χ3n) is 7.81. The van der Waals surface area contributed by atoms with E-state index in [0.717, 1.165) is 29.6 Å². The van der Waals surface area contributed by atoms with Crippen molar-refractivity contribution in [1.29, 1.82) is 0 Å². The van der Waals surface area contributed by atoms with Crippen LogP contribution in [0.1, 0.15) is 58.4 Å². The van der Waals surface area contributed by atoms with Crippen LogP contribution in [0.15, 0.2) is 30.3 Å². The SMILES string of the molecule is CC(C)[N+]1=C(c2ccccc2)C(C)C12C1CC3CC(C1)CC2C3. The first-order chi connectivity index (χ1) is 11.1. The normalized spacial score (nSPS) is 44.3. The Morgan fingerprint density at radius 2 is 1.48 bits per heavy atom. The van der Waals surface area contributed by atoms with E-state index in [2.05, 4.69) is 55.7 Å². The molecule has 5 aliphatic rings. The zero-order valence-corrected chi connectivity index (χ0v) is 14.8. The predicted molar refractivity (Wildman–Crippen MR) is 94.9 cm³/mol. The molecular formula is C22H30N+. The fourth-order valence-electron chi connectivity index (χ4n) is 7.54. The van der Waals surface area contributed by atoms with Crippen LogP contribution in [0.25, 0.3) is 0 Å². The first-order valence-electron chi connectivity index (χ1n) is 9.84. The van der Waals surface area contributed by atoms with Crippen molar-refractivity contribution < 1.29 is 4.58 Å². The smallest absolute Gasteiger partial charge is 0.193 e. The van der Waals surface area contributed by atoms with Crippen LogP contribution in [-0.2, 0) is 0 Å². The maximum absolute atomic E-state index is 2.89. The molecule has 6 rings (SSSR count). The summed E-state index contributed by atoms with van der Waals surface area (Å²) >= 11 is 0. The van der Waals surface area contributed by atoms with Crippen LogP contribution in [0.5, 0.6) is 0 Å². The Hall–Kier alpha value is -1.11. The summed E-state index contributed by atoms with van der Waals surface area (Å²) in [5, 5.41) is 0. The molecule has 23 heavy (non-hydrogen) atoms. The average Bonchev–Trinajstić information content (AvgIpc) is 2.52. The molecule has 0 radical (unpaired) electrons. The second-order valence-electron chi connectivity index (χ2n) is 9.13. The Labute approximate surface area is 140 Å². The van der Waals surface area contributed by atoms with Crippen molar-refractivity contribution in [2.24, 2.45) is 29.6 Å². The van der Waals surface area contributed by atoms with E-state index in [4.69, 9.17) is 0 Å². The van der Waals surface area contributed by atoms with Crippen LogP contribution in [0.4, 0.5) is 0 Å². The molecule has 4 saturated carbocycles. The molecule has 1 heteroatoms. The zero-order valence-electron chi connectivity index (χ0n) is 14.8. The highest BCUT2D eigenvalue weighted by atomic mass is 15.2. The molecule has 1 heterocycles. The van der Waals surface area contributed by atoms with Gasteiger partial charge in [0.25, 0.3) is 0 Å². The van der Waals surface area contributed by atoms with Gasteiger partial charge in [-0.05, 0) is 76.8 Å². The Kier molecular flexibility index (Phi) is 2.92. The van der Waals surface area contributed by atoms with E-state index in [1.165, 1.54) is 31.2 Å². The third-order valence-corrected chi connectivity index (χ3v) is 7.81. The van der Waals surface area contributed by atoms with Crippen molar-refractivity contribution in [3.63, 3.8) is 0 Å². The van der Waals surface area contributed by atoms with Gasteiger partial charge in [0.1, 0.15) is 12.0 Å². The van der Waals surface area contributed by atoms with Crippen molar-refractivity contribution >= 4 is 5.71 Å². The van der Waals surface area contributed by atoms with E-state index in [0.29, 0.717) is 11.6 Å². The fourth-order valence-corrected chi connectivity index (χ4v) is 7.54. The fraction of sp³-hybridized carbons (Fsp3) is 0.682. The summed E-state index contributed by atoms with van der Waals surface area (Å²) in [5.74, 6) is 4.78. The molecule has 1 aromatic rings. The maximum atomic E-state index is 2.89. The number of rotatable bonds is 2. The van der Waals surface area contributed by atoms with Gasteiger partial charge in [-0.25, -0.2) is 4.58 Å². The van der Waals surface area contributed by atoms with Gasteiger partial charge < -0.3 is 0 Å². The number of hydrogen-bond donors (Lipinski definition) is 0. The van der Waals surface area contributed by atoms with E-state index in [-0.39, 0.29) is 0 Å². The lowest BCUT2D eigenvalue weighted by Crippen LogP contribution is -2.76. The van der Waals surface area contributed by atoms with Gasteiger partial charge in [-0.3, -0.25) is 0 Å². The minimum Gasteiger partial charge on any atom is -0.224 e. The summed E-state index contributed by atoms with van der Waals surface area (Å²) in [6.07, 6.45) is 7.62. The lowest BCUT2D eigenvalue weighted by Gasteiger charge is -2.64. The van der Waals surface area contributed by atoms with E-state index < -0.39 is 0 Å². The zero-order chi connectivity index (χ0) is 15.8. The molecule has 4 bridgehead atoms. The highest BCUT2D eigenvalue weighted by Gasteiger charge is 2.73. The molecule has 1 aliphatic heterocycles. The average molecular weight is 308 g/mol. The summed E-state index contributed by atoms with van der Waals surface area (Å²) in [4.78, 5) is 0. The number of hydrogen-bond acceptors (Lipinski definition) is 0. The molecule has 4 fully saturated rings. The van der Waals surface area contributed by atoms with Crippen LogP contribution < -0.4 is 0 Å². The Morgan fingerprint density at radius 1 is 0.913 bits per heavy atom. The van der Waals surface area contributed by atoms with Crippen molar-refractivity contribution in [2.45, 2.75) is 64.5 Å². The number of nitrogens with zero attached hydrogens (tertiary/aromatic N) is 1. The van der Waals surface area contributed by atoms with Crippen molar-refractivity contribution in [3.8, 4) is 0 Å². The highest BCUT2D eigenvalue weighted by molar-refractivity contribution is 6.01. The second kappa shape index (κ2) is 4.71. The highest BCUT2D eigenvalue weighted by Crippen LogP contribution is 2.64. The van der Waals surface area contributed by atoms with Gasteiger partial charge in [0.2, 0.25) is 0 Å². The first-order valence-corrected chi connectivity index (χ1v) is 9.84. The van der Waals surface area contributed by atoms with Crippen molar-refractivity contribution in [3.05, 3.63) is 35.9 Å². The maximum Gasteiger partial charge on any atom is 0.193 e. The Bertz CT molecular complexity index is 626. The summed E-state index contributed by atoms with van der Waals surface area (Å²) in [6, 6.07) is 11.8. The van der Waals surface area contributed by atoms with Crippen LogP contribution in [0.2, 0.25) is 0 Å². The van der Waals surface area contributed by atoms with Gasteiger partial charge in [-0.1, -0.05) is 18.2 Å². The lowest BCUT2D eigenvalue weighted by molar-refractivity contribution is -0.698. The molecule has 0 saturated heterocycles. The third kappa shape index (κ3) is 1.67. The van der Waals surface area contributed by atoms with Crippen LogP contribution >= 0.6 is 0 Å². The van der Waals surface area contributed by atoms with Gasteiger partial charge in [-0.2, -0.15) is 0 Å². The van der Waals surface area contributed by atoms with Crippen LogP contribution in [0, 0.1) is 29.6 Å². The summed E-state index contributed by atoms with van der Waals surface area (Å²) < 4.78 is 2.89. The Balaban J connectivity index is 1.66. The molecular weight excluding hydrogens is 278 g/mol. The molecule has 0 amide bonds. The quantitative estimate of drug-likeness (QED) is 0.694. The lowest BCUT2D eigenvalue weighted by atomic mass is 9.43. The molecule has 1 aromatic carbocycles. The van der Waals surface area contributed by atoms with Gasteiger partial charge >= 0.3 is 0 Å². The summed E-state index contributed by atoms with van der Waals surface area (Å²) in [5.41, 5.74) is 3.59. The first kappa shape index (κ1) is 14.3. The summed E-state index contributed by atoms with van der Waals surface area (Å²) in [7, 11) is 0. The van der Waals surface area contributed by atoms with E-state index >= 15 is 0 Å². The Morgan fingerprint density at radius 3 is 2.00 bits per heavy atom. The van der Waals surface area contributed by atoms with Gasteiger partial charge in [0, 0.05) is 17.4 Å². The molecule has 0 aromatic heterocycles. The van der Waals surface area contributed by atoms with Crippen LogP contribution in [0.3, 0.4) is 0 Å². The second-order valence-corrected chi connectivity index (χ2v) is 9.13. The predicted octanol–water partition coefficient (Wildman–Crippen LogP) is 4.74. The largest absolute Gasteiger partial charge is 0.224 e. The van der Waals surface area contributed by atoms with Gasteiger partial charge in [0.15, 0.2) is 11.3 Å². The van der Waals surface area contributed by atoms with E-state index in [1.54, 1.807) is 12.1 Å². The molecule has 0 N–H and O–H groups in total.